The molecule has 0 aliphatic carbocycles. The molecule has 0 radical (unpaired) electrons. The monoisotopic (exact) mass is 277 g/mol. The molecule has 4 N–H and O–H groups in total. The van der Waals surface area contributed by atoms with Gasteiger partial charge >= 0.3 is 0 Å². The topological polar surface area (TPSA) is 87.7 Å². The molecule has 1 amide bonds. The number of amidine groups is 1. The van der Waals surface area contributed by atoms with Crippen LogP contribution in [0.3, 0.4) is 0 Å². The van der Waals surface area contributed by atoms with Gasteiger partial charge in [-0.3, -0.25) is 4.79 Å². The van der Waals surface area contributed by atoms with Gasteiger partial charge in [-0.15, -0.1) is 0 Å². The fourth-order valence-corrected chi connectivity index (χ4v) is 2.18. The molecule has 0 bridgehead atoms. The van der Waals surface area contributed by atoms with E-state index in [1.165, 1.54) is 0 Å². The summed E-state index contributed by atoms with van der Waals surface area (Å²) >= 11 is 0. The zero-order valence-electron chi connectivity index (χ0n) is 12.3. The molecule has 0 fully saturated rings. The predicted octanol–water partition coefficient (Wildman–Crippen LogP) is 2.66. The van der Waals surface area contributed by atoms with E-state index >= 15 is 0 Å². The maximum absolute atomic E-state index is 12.3. The Bertz CT molecular complexity index is 498. The van der Waals surface area contributed by atoms with Crippen LogP contribution in [0.5, 0.6) is 0 Å². The fraction of sp³-hybridized carbons (Fsp3) is 0.467. The van der Waals surface area contributed by atoms with E-state index < -0.39 is 5.92 Å². The van der Waals surface area contributed by atoms with Gasteiger partial charge in [0.2, 0.25) is 5.91 Å². The number of nitrogens with two attached hydrogens (primary N) is 1. The molecular formula is C15H23N3O2. The molecule has 110 valence electrons. The standard InChI is InChI=1S/C15H23N3O2/c1-4-7-12(14(16)18-20)15(19)17-13-10(3)8-6-9-11(13)5-2/h6,8-9,12,20H,4-5,7H2,1-3H3,(H2,16,18)(H,17,19). The Labute approximate surface area is 119 Å². The minimum Gasteiger partial charge on any atom is -0.409 e. The number of amides is 1. The lowest BCUT2D eigenvalue weighted by molar-refractivity contribution is -0.118. The molecule has 0 saturated heterocycles. The summed E-state index contributed by atoms with van der Waals surface area (Å²) in [6, 6.07) is 5.91. The molecule has 0 aliphatic rings. The minimum absolute atomic E-state index is 0.0454. The van der Waals surface area contributed by atoms with Crippen molar-refractivity contribution in [2.45, 2.75) is 40.0 Å². The zero-order chi connectivity index (χ0) is 15.1. The number of oxime groups is 1. The van der Waals surface area contributed by atoms with Crippen LogP contribution in [0.1, 0.15) is 37.8 Å². The van der Waals surface area contributed by atoms with Gasteiger partial charge in [0.25, 0.3) is 0 Å². The molecule has 0 aliphatic heterocycles. The number of carbonyl (C=O) groups is 1. The van der Waals surface area contributed by atoms with Gasteiger partial charge in [0, 0.05) is 5.69 Å². The molecule has 1 atom stereocenters. The van der Waals surface area contributed by atoms with Crippen molar-refractivity contribution in [3.8, 4) is 0 Å². The molecule has 0 aromatic heterocycles. The highest BCUT2D eigenvalue weighted by molar-refractivity contribution is 6.08. The van der Waals surface area contributed by atoms with Gasteiger partial charge in [-0.1, -0.05) is 43.6 Å². The maximum Gasteiger partial charge on any atom is 0.235 e. The third-order valence-corrected chi connectivity index (χ3v) is 3.35. The van der Waals surface area contributed by atoms with Crippen molar-refractivity contribution in [2.75, 3.05) is 5.32 Å². The van der Waals surface area contributed by atoms with Crippen molar-refractivity contribution in [2.24, 2.45) is 16.8 Å². The van der Waals surface area contributed by atoms with Crippen LogP contribution in [0.15, 0.2) is 23.4 Å². The number of anilines is 1. The highest BCUT2D eigenvalue weighted by Gasteiger charge is 2.23. The molecule has 5 heteroatoms. The molecule has 0 spiro atoms. The quantitative estimate of drug-likeness (QED) is 0.323. The number of rotatable bonds is 6. The number of benzene rings is 1. The van der Waals surface area contributed by atoms with Gasteiger partial charge in [0.1, 0.15) is 0 Å². The largest absolute Gasteiger partial charge is 0.409 e. The fourth-order valence-electron chi connectivity index (χ4n) is 2.18. The normalized spacial score (nSPS) is 13.1. The van der Waals surface area contributed by atoms with E-state index in [-0.39, 0.29) is 11.7 Å². The summed E-state index contributed by atoms with van der Waals surface area (Å²) in [6.45, 7) is 5.95. The highest BCUT2D eigenvalue weighted by atomic mass is 16.4. The molecule has 1 rings (SSSR count). The van der Waals surface area contributed by atoms with Crippen LogP contribution in [-0.2, 0) is 11.2 Å². The van der Waals surface area contributed by atoms with E-state index in [4.69, 9.17) is 10.9 Å². The number of hydrogen-bond acceptors (Lipinski definition) is 3. The summed E-state index contributed by atoms with van der Waals surface area (Å²) in [5, 5.41) is 14.7. The first-order valence-electron chi connectivity index (χ1n) is 6.91. The average Bonchev–Trinajstić information content (AvgIpc) is 2.45. The van der Waals surface area contributed by atoms with Crippen molar-refractivity contribution < 1.29 is 10.0 Å². The number of aryl methyl sites for hydroxylation is 2. The summed E-state index contributed by atoms with van der Waals surface area (Å²) in [6.07, 6.45) is 2.16. The van der Waals surface area contributed by atoms with Gasteiger partial charge in [-0.25, -0.2) is 0 Å². The first kappa shape index (κ1) is 16.0. The molecule has 5 nitrogen and oxygen atoms in total. The summed E-state index contributed by atoms with van der Waals surface area (Å²) in [7, 11) is 0. The van der Waals surface area contributed by atoms with Crippen molar-refractivity contribution in [3.63, 3.8) is 0 Å². The van der Waals surface area contributed by atoms with Crippen LogP contribution in [-0.4, -0.2) is 17.0 Å². The third kappa shape index (κ3) is 3.73. The summed E-state index contributed by atoms with van der Waals surface area (Å²) < 4.78 is 0. The van der Waals surface area contributed by atoms with Crippen LogP contribution in [0.2, 0.25) is 0 Å². The minimum atomic E-state index is -0.602. The number of nitrogens with zero attached hydrogens (tertiary/aromatic N) is 1. The number of hydrogen-bond donors (Lipinski definition) is 3. The lowest BCUT2D eigenvalue weighted by Gasteiger charge is -2.18. The lowest BCUT2D eigenvalue weighted by Crippen LogP contribution is -2.35. The Hall–Kier alpha value is -2.04. The van der Waals surface area contributed by atoms with Crippen molar-refractivity contribution in [3.05, 3.63) is 29.3 Å². The smallest absolute Gasteiger partial charge is 0.235 e. The van der Waals surface area contributed by atoms with Gasteiger partial charge in [-0.05, 0) is 30.9 Å². The molecular weight excluding hydrogens is 254 g/mol. The second-order valence-corrected chi connectivity index (χ2v) is 4.82. The molecule has 0 saturated carbocycles. The Balaban J connectivity index is 2.99. The van der Waals surface area contributed by atoms with E-state index in [9.17, 15) is 4.79 Å². The number of nitrogens with one attached hydrogen (secondary N) is 1. The van der Waals surface area contributed by atoms with Gasteiger partial charge in [0.05, 0.1) is 5.92 Å². The molecule has 20 heavy (non-hydrogen) atoms. The van der Waals surface area contributed by atoms with E-state index in [1.807, 2.05) is 39.0 Å². The zero-order valence-corrected chi connectivity index (χ0v) is 12.3. The Morgan fingerprint density at radius 3 is 2.70 bits per heavy atom. The predicted molar refractivity (Wildman–Crippen MR) is 81.0 cm³/mol. The number of carbonyl (C=O) groups excluding carboxylic acids is 1. The van der Waals surface area contributed by atoms with E-state index in [1.54, 1.807) is 0 Å². The SMILES string of the molecule is CCCC(C(=O)Nc1c(C)cccc1CC)C(N)=NO. The Kier molecular flexibility index (Phi) is 6.03. The molecule has 1 aromatic rings. The van der Waals surface area contributed by atoms with Gasteiger partial charge in [-0.2, -0.15) is 0 Å². The highest BCUT2D eigenvalue weighted by Crippen LogP contribution is 2.22. The first-order valence-corrected chi connectivity index (χ1v) is 6.91. The second kappa shape index (κ2) is 7.53. The van der Waals surface area contributed by atoms with Gasteiger partial charge < -0.3 is 16.3 Å². The van der Waals surface area contributed by atoms with Crippen molar-refractivity contribution in [1.82, 2.24) is 0 Å². The van der Waals surface area contributed by atoms with E-state index in [2.05, 4.69) is 10.5 Å². The average molecular weight is 277 g/mol. The second-order valence-electron chi connectivity index (χ2n) is 4.82. The summed E-state index contributed by atoms with van der Waals surface area (Å²) in [5.74, 6) is -0.878. The molecule has 0 heterocycles. The van der Waals surface area contributed by atoms with Crippen LogP contribution >= 0.6 is 0 Å². The van der Waals surface area contributed by atoms with E-state index in [0.717, 1.165) is 29.7 Å². The van der Waals surface area contributed by atoms with Crippen LogP contribution in [0, 0.1) is 12.8 Å². The number of para-hydroxylation sites is 1. The van der Waals surface area contributed by atoms with Crippen LogP contribution in [0.25, 0.3) is 0 Å². The summed E-state index contributed by atoms with van der Waals surface area (Å²) in [5.41, 5.74) is 8.52. The lowest BCUT2D eigenvalue weighted by atomic mass is 10.00. The Morgan fingerprint density at radius 2 is 2.15 bits per heavy atom. The van der Waals surface area contributed by atoms with E-state index in [0.29, 0.717) is 6.42 Å². The van der Waals surface area contributed by atoms with Crippen LogP contribution in [0.4, 0.5) is 5.69 Å². The maximum atomic E-state index is 12.3. The Morgan fingerprint density at radius 1 is 1.45 bits per heavy atom. The summed E-state index contributed by atoms with van der Waals surface area (Å²) in [4.78, 5) is 12.3. The van der Waals surface area contributed by atoms with Crippen LogP contribution < -0.4 is 11.1 Å². The van der Waals surface area contributed by atoms with Crippen molar-refractivity contribution >= 4 is 17.4 Å². The first-order chi connectivity index (χ1) is 9.54. The molecule has 1 unspecified atom stereocenters. The van der Waals surface area contributed by atoms with Crippen molar-refractivity contribution in [1.29, 1.82) is 0 Å². The third-order valence-electron chi connectivity index (χ3n) is 3.35. The van der Waals surface area contributed by atoms with Gasteiger partial charge in [0.15, 0.2) is 5.84 Å². The molecule has 1 aromatic carbocycles.